The second-order valence-electron chi connectivity index (χ2n) is 6.63. The van der Waals surface area contributed by atoms with Gasteiger partial charge in [0.05, 0.1) is 11.4 Å². The molecule has 6 nitrogen and oxygen atoms in total. The molecule has 1 aliphatic heterocycles. The van der Waals surface area contributed by atoms with Crippen LogP contribution in [0.1, 0.15) is 25.0 Å². The van der Waals surface area contributed by atoms with Gasteiger partial charge in [0.25, 0.3) is 11.8 Å². The van der Waals surface area contributed by atoms with Crippen molar-refractivity contribution in [1.82, 2.24) is 5.32 Å². The van der Waals surface area contributed by atoms with Gasteiger partial charge in [-0.3, -0.25) is 14.9 Å². The van der Waals surface area contributed by atoms with Crippen LogP contribution >= 0.6 is 15.9 Å². The molecule has 1 heterocycles. The van der Waals surface area contributed by atoms with E-state index in [2.05, 4.69) is 40.0 Å². The molecule has 150 valence electrons. The predicted octanol–water partition coefficient (Wildman–Crippen LogP) is 4.27. The van der Waals surface area contributed by atoms with Gasteiger partial charge >= 0.3 is 6.03 Å². The van der Waals surface area contributed by atoms with Gasteiger partial charge in [-0.1, -0.05) is 24.3 Å². The molecule has 1 N–H and O–H groups in total. The van der Waals surface area contributed by atoms with E-state index in [-0.39, 0.29) is 5.57 Å². The lowest BCUT2D eigenvalue weighted by atomic mass is 10.1. The van der Waals surface area contributed by atoms with Crippen LogP contribution in [-0.2, 0) is 9.59 Å². The summed E-state index contributed by atoms with van der Waals surface area (Å²) in [6.45, 7) is 7.69. The van der Waals surface area contributed by atoms with E-state index < -0.39 is 17.8 Å². The van der Waals surface area contributed by atoms with Crippen molar-refractivity contribution >= 4 is 51.2 Å². The molecule has 0 saturated carbocycles. The summed E-state index contributed by atoms with van der Waals surface area (Å²) in [7, 11) is 0. The second kappa shape index (κ2) is 8.61. The Morgan fingerprint density at radius 1 is 1.07 bits per heavy atom. The van der Waals surface area contributed by atoms with Gasteiger partial charge in [0, 0.05) is 17.6 Å². The van der Waals surface area contributed by atoms with Crippen molar-refractivity contribution < 1.29 is 14.4 Å². The number of nitrogens with one attached hydrogen (secondary N) is 1. The molecule has 0 unspecified atom stereocenters. The molecule has 0 atom stereocenters. The number of benzene rings is 2. The summed E-state index contributed by atoms with van der Waals surface area (Å²) in [6, 6.07) is 11.9. The molecule has 2 aromatic carbocycles. The van der Waals surface area contributed by atoms with Crippen LogP contribution in [0, 0.1) is 6.92 Å². The Morgan fingerprint density at radius 2 is 1.76 bits per heavy atom. The van der Waals surface area contributed by atoms with Crippen LogP contribution < -0.4 is 15.1 Å². The number of rotatable bonds is 5. The Hall–Kier alpha value is -2.93. The molecule has 4 amide bonds. The molecule has 29 heavy (non-hydrogen) atoms. The minimum atomic E-state index is -0.746. The number of amides is 4. The number of hydrogen-bond acceptors (Lipinski definition) is 4. The second-order valence-corrected chi connectivity index (χ2v) is 7.48. The highest BCUT2D eigenvalue weighted by atomic mass is 79.9. The first-order valence-electron chi connectivity index (χ1n) is 9.39. The van der Waals surface area contributed by atoms with Crippen LogP contribution in [0.15, 0.2) is 52.5 Å². The lowest BCUT2D eigenvalue weighted by molar-refractivity contribution is -0.122. The zero-order valence-corrected chi connectivity index (χ0v) is 18.1. The van der Waals surface area contributed by atoms with Crippen LogP contribution in [0.2, 0.25) is 0 Å². The smallest absolute Gasteiger partial charge is 0.335 e. The van der Waals surface area contributed by atoms with Crippen molar-refractivity contribution in [2.45, 2.75) is 20.8 Å². The summed E-state index contributed by atoms with van der Waals surface area (Å²) >= 11 is 3.57. The van der Waals surface area contributed by atoms with Gasteiger partial charge in [0.2, 0.25) is 0 Å². The molecule has 3 rings (SSSR count). The molecular formula is C22H22BrN3O3. The van der Waals surface area contributed by atoms with Crippen LogP contribution in [0.3, 0.4) is 0 Å². The summed E-state index contributed by atoms with van der Waals surface area (Å²) < 4.78 is 0.867. The monoisotopic (exact) mass is 455 g/mol. The third-order valence-corrected chi connectivity index (χ3v) is 5.48. The number of carbonyl (C=O) groups is 3. The molecule has 2 aromatic rings. The van der Waals surface area contributed by atoms with Gasteiger partial charge in [0.15, 0.2) is 0 Å². The van der Waals surface area contributed by atoms with Gasteiger partial charge < -0.3 is 4.90 Å². The Kier molecular flexibility index (Phi) is 6.17. The molecule has 7 heteroatoms. The van der Waals surface area contributed by atoms with E-state index in [0.29, 0.717) is 11.3 Å². The van der Waals surface area contributed by atoms with Gasteiger partial charge in [0.1, 0.15) is 5.57 Å². The van der Waals surface area contributed by atoms with Gasteiger partial charge in [-0.2, -0.15) is 0 Å². The average molecular weight is 456 g/mol. The predicted molar refractivity (Wildman–Crippen MR) is 118 cm³/mol. The van der Waals surface area contributed by atoms with E-state index in [1.807, 2.05) is 24.3 Å². The number of para-hydroxylation sites is 1. The fraction of sp³-hybridized carbons (Fsp3) is 0.227. The summed E-state index contributed by atoms with van der Waals surface area (Å²) in [5.74, 6) is -1.34. The van der Waals surface area contributed by atoms with Gasteiger partial charge in [-0.25, -0.2) is 9.69 Å². The van der Waals surface area contributed by atoms with Crippen molar-refractivity contribution in [2.24, 2.45) is 0 Å². The number of barbiturate groups is 1. The van der Waals surface area contributed by atoms with Crippen LogP contribution in [-0.4, -0.2) is 30.9 Å². The van der Waals surface area contributed by atoms with Gasteiger partial charge in [-0.05, 0) is 72.1 Å². The SMILES string of the molecule is CCN(CC)c1ccc(/C=C2\C(=O)NC(=O)N(c3ccccc3C)C2=O)cc1Br. The lowest BCUT2D eigenvalue weighted by Gasteiger charge is -2.27. The summed E-state index contributed by atoms with van der Waals surface area (Å²) in [4.78, 5) is 40.9. The molecule has 0 spiro atoms. The highest BCUT2D eigenvalue weighted by Gasteiger charge is 2.37. The molecule has 0 bridgehead atoms. The minimum absolute atomic E-state index is 0.0876. The molecule has 0 aromatic heterocycles. The standard InChI is InChI=1S/C22H22BrN3O3/c1-4-25(5-2)19-11-10-15(13-17(19)23)12-16-20(27)24-22(29)26(21(16)28)18-9-7-6-8-14(18)3/h6-13H,4-5H2,1-3H3,(H,24,27,29)/b16-12+. The Labute approximate surface area is 178 Å². The van der Waals surface area contributed by atoms with Crippen molar-refractivity contribution in [3.63, 3.8) is 0 Å². The van der Waals surface area contributed by atoms with Crippen molar-refractivity contribution in [3.8, 4) is 0 Å². The minimum Gasteiger partial charge on any atom is -0.371 e. The number of aryl methyl sites for hydroxylation is 1. The number of imide groups is 2. The highest BCUT2D eigenvalue weighted by molar-refractivity contribution is 9.10. The van der Waals surface area contributed by atoms with Crippen molar-refractivity contribution in [2.75, 3.05) is 22.9 Å². The molecule has 0 aliphatic carbocycles. The van der Waals surface area contributed by atoms with Gasteiger partial charge in [-0.15, -0.1) is 0 Å². The Morgan fingerprint density at radius 3 is 2.38 bits per heavy atom. The number of carbonyl (C=O) groups excluding carboxylic acids is 3. The fourth-order valence-corrected chi connectivity index (χ4v) is 3.94. The third-order valence-electron chi connectivity index (χ3n) is 4.84. The molecule has 1 fully saturated rings. The number of urea groups is 1. The third kappa shape index (κ3) is 4.10. The number of nitrogens with zero attached hydrogens (tertiary/aromatic N) is 2. The summed E-state index contributed by atoms with van der Waals surface area (Å²) in [6.07, 6.45) is 1.51. The average Bonchev–Trinajstić information content (AvgIpc) is 2.69. The van der Waals surface area contributed by atoms with Crippen molar-refractivity contribution in [3.05, 3.63) is 63.6 Å². The first-order chi connectivity index (χ1) is 13.9. The van der Waals surface area contributed by atoms with E-state index in [9.17, 15) is 14.4 Å². The topological polar surface area (TPSA) is 69.7 Å². The molecule has 1 aliphatic rings. The quantitative estimate of drug-likeness (QED) is 0.539. The van der Waals surface area contributed by atoms with E-state index in [1.165, 1.54) is 6.08 Å². The first kappa shape index (κ1) is 20.8. The van der Waals surface area contributed by atoms with E-state index >= 15 is 0 Å². The maximum Gasteiger partial charge on any atom is 0.335 e. The Balaban J connectivity index is 1.99. The molecule has 1 saturated heterocycles. The normalized spacial score (nSPS) is 15.7. The van der Waals surface area contributed by atoms with E-state index in [4.69, 9.17) is 0 Å². The summed E-state index contributed by atoms with van der Waals surface area (Å²) in [5.41, 5.74) is 2.84. The maximum atomic E-state index is 13.0. The molecular weight excluding hydrogens is 434 g/mol. The number of hydrogen-bond donors (Lipinski definition) is 1. The number of halogens is 1. The first-order valence-corrected chi connectivity index (χ1v) is 10.2. The fourth-order valence-electron chi connectivity index (χ4n) is 3.29. The van der Waals surface area contributed by atoms with E-state index in [0.717, 1.165) is 33.7 Å². The van der Waals surface area contributed by atoms with Crippen LogP contribution in [0.5, 0.6) is 0 Å². The lowest BCUT2D eigenvalue weighted by Crippen LogP contribution is -2.54. The maximum absolute atomic E-state index is 13.0. The number of anilines is 2. The zero-order chi connectivity index (χ0) is 21.1. The Bertz CT molecular complexity index is 1010. The zero-order valence-electron chi connectivity index (χ0n) is 16.5. The van der Waals surface area contributed by atoms with Crippen molar-refractivity contribution in [1.29, 1.82) is 0 Å². The van der Waals surface area contributed by atoms with Crippen LogP contribution in [0.4, 0.5) is 16.2 Å². The largest absolute Gasteiger partial charge is 0.371 e. The summed E-state index contributed by atoms with van der Waals surface area (Å²) in [5, 5.41) is 2.26. The van der Waals surface area contributed by atoms with Crippen LogP contribution in [0.25, 0.3) is 6.08 Å². The highest BCUT2D eigenvalue weighted by Crippen LogP contribution is 2.29. The van der Waals surface area contributed by atoms with E-state index in [1.54, 1.807) is 25.1 Å². The molecule has 0 radical (unpaired) electrons.